The van der Waals surface area contributed by atoms with Crippen molar-refractivity contribution in [3.05, 3.63) is 59.2 Å². The first kappa shape index (κ1) is 24.5. The molecule has 2 heterocycles. The number of hydrogen-bond acceptors (Lipinski definition) is 7. The third kappa shape index (κ3) is 5.54. The molecule has 0 atom stereocenters. The van der Waals surface area contributed by atoms with Crippen LogP contribution in [0.25, 0.3) is 0 Å². The van der Waals surface area contributed by atoms with Crippen LogP contribution in [0.4, 0.5) is 23.1 Å². The summed E-state index contributed by atoms with van der Waals surface area (Å²) < 4.78 is 18.6. The van der Waals surface area contributed by atoms with Crippen molar-refractivity contribution < 1.29 is 9.30 Å². The fourth-order valence-corrected chi connectivity index (χ4v) is 5.63. The second kappa shape index (κ2) is 10.3. The molecule has 2 N–H and O–H groups in total. The van der Waals surface area contributed by atoms with Gasteiger partial charge in [0.2, 0.25) is 5.95 Å². The number of aromatic nitrogens is 2. The molecular formula is C25H31ClN5O2P. The zero-order valence-electron chi connectivity index (χ0n) is 20.0. The monoisotopic (exact) mass is 499 g/mol. The van der Waals surface area contributed by atoms with Gasteiger partial charge in [0.05, 0.1) is 24.7 Å². The summed E-state index contributed by atoms with van der Waals surface area (Å²) in [5, 5.41) is 7.65. The lowest BCUT2D eigenvalue weighted by Gasteiger charge is -2.30. The molecule has 1 fully saturated rings. The van der Waals surface area contributed by atoms with Gasteiger partial charge >= 0.3 is 0 Å². The highest BCUT2D eigenvalue weighted by Gasteiger charge is 2.23. The highest BCUT2D eigenvalue weighted by atomic mass is 35.5. The number of rotatable bonds is 7. The van der Waals surface area contributed by atoms with E-state index in [0.717, 1.165) is 42.7 Å². The molecule has 0 bridgehead atoms. The Morgan fingerprint density at radius 3 is 2.47 bits per heavy atom. The predicted molar refractivity (Wildman–Crippen MR) is 142 cm³/mol. The quantitative estimate of drug-likeness (QED) is 0.405. The minimum Gasteiger partial charge on any atom is -0.494 e. The van der Waals surface area contributed by atoms with Gasteiger partial charge < -0.3 is 24.8 Å². The fourth-order valence-electron chi connectivity index (χ4n) is 4.33. The second-order valence-electron chi connectivity index (χ2n) is 9.01. The Kier molecular flexibility index (Phi) is 7.46. The molecule has 4 rings (SSSR count). The van der Waals surface area contributed by atoms with Crippen molar-refractivity contribution in [3.63, 3.8) is 0 Å². The molecule has 0 spiro atoms. The number of halogens is 1. The summed E-state index contributed by atoms with van der Waals surface area (Å²) >= 11 is 6.40. The number of hydrogen-bond donors (Lipinski definition) is 2. The van der Waals surface area contributed by atoms with E-state index in [-0.39, 0.29) is 0 Å². The molecule has 180 valence electrons. The fraction of sp³-hybridized carbons (Fsp3) is 0.360. The highest BCUT2D eigenvalue weighted by Crippen LogP contribution is 2.40. The molecule has 0 aliphatic carbocycles. The third-order valence-corrected chi connectivity index (χ3v) is 7.96. The van der Waals surface area contributed by atoms with Crippen LogP contribution in [-0.2, 0) is 4.57 Å². The van der Waals surface area contributed by atoms with E-state index in [1.807, 2.05) is 36.4 Å². The van der Waals surface area contributed by atoms with Crippen LogP contribution >= 0.6 is 18.7 Å². The number of methoxy groups -OCH3 is 1. The third-order valence-electron chi connectivity index (χ3n) is 6.14. The molecule has 9 heteroatoms. The summed E-state index contributed by atoms with van der Waals surface area (Å²) in [7, 11) is 1.36. The van der Waals surface area contributed by atoms with Crippen molar-refractivity contribution in [1.82, 2.24) is 14.9 Å². The van der Waals surface area contributed by atoms with E-state index in [2.05, 4.69) is 38.6 Å². The molecule has 0 radical (unpaired) electrons. The normalized spacial score (nSPS) is 15.2. The lowest BCUT2D eigenvalue weighted by atomic mass is 9.88. The molecule has 1 saturated heterocycles. The number of piperidine rings is 1. The van der Waals surface area contributed by atoms with E-state index >= 15 is 0 Å². The van der Waals surface area contributed by atoms with E-state index in [1.165, 1.54) is 5.56 Å². The van der Waals surface area contributed by atoms with Crippen molar-refractivity contribution in [2.45, 2.75) is 18.8 Å². The van der Waals surface area contributed by atoms with Crippen LogP contribution in [0.1, 0.15) is 24.3 Å². The maximum Gasteiger partial charge on any atom is 0.229 e. The van der Waals surface area contributed by atoms with Crippen LogP contribution in [0.5, 0.6) is 5.75 Å². The van der Waals surface area contributed by atoms with Crippen molar-refractivity contribution in [2.75, 3.05) is 51.2 Å². The van der Waals surface area contributed by atoms with Crippen LogP contribution in [0.15, 0.2) is 48.7 Å². The molecular weight excluding hydrogens is 469 g/mol. The molecule has 0 amide bonds. The Hall–Kier alpha value is -2.60. The Morgan fingerprint density at radius 2 is 1.76 bits per heavy atom. The summed E-state index contributed by atoms with van der Waals surface area (Å²) in [4.78, 5) is 11.3. The maximum absolute atomic E-state index is 12.7. The van der Waals surface area contributed by atoms with Crippen LogP contribution < -0.4 is 20.7 Å². The molecule has 1 aromatic heterocycles. The van der Waals surface area contributed by atoms with Crippen molar-refractivity contribution >= 4 is 47.2 Å². The van der Waals surface area contributed by atoms with Gasteiger partial charge in [-0.15, -0.1) is 0 Å². The predicted octanol–water partition coefficient (Wildman–Crippen LogP) is 5.68. The number of likely N-dealkylation sites (tertiary alicyclic amines) is 1. The Morgan fingerprint density at radius 1 is 1.06 bits per heavy atom. The summed E-state index contributed by atoms with van der Waals surface area (Å²) in [5.41, 5.74) is 2.71. The summed E-state index contributed by atoms with van der Waals surface area (Å²) in [6.07, 6.45) is 3.74. The molecule has 2 aromatic carbocycles. The zero-order valence-corrected chi connectivity index (χ0v) is 21.7. The average Bonchev–Trinajstić information content (AvgIpc) is 2.81. The molecule has 3 aromatic rings. The van der Waals surface area contributed by atoms with E-state index < -0.39 is 7.14 Å². The number of benzene rings is 2. The van der Waals surface area contributed by atoms with Gasteiger partial charge in [-0.3, -0.25) is 0 Å². The molecule has 1 aliphatic rings. The molecule has 1 aliphatic heterocycles. The topological polar surface area (TPSA) is 79.4 Å². The lowest BCUT2D eigenvalue weighted by Crippen LogP contribution is -2.29. The largest absolute Gasteiger partial charge is 0.494 e. The number of para-hydroxylation sites is 2. The minimum atomic E-state index is -2.49. The first-order chi connectivity index (χ1) is 16.3. The number of nitrogens with one attached hydrogen (secondary N) is 2. The van der Waals surface area contributed by atoms with Crippen molar-refractivity contribution in [2.24, 2.45) is 0 Å². The Labute approximate surface area is 206 Å². The first-order valence-corrected chi connectivity index (χ1v) is 14.3. The van der Waals surface area contributed by atoms with Gasteiger partial charge in [0.25, 0.3) is 0 Å². The zero-order chi connectivity index (χ0) is 24.3. The smallest absolute Gasteiger partial charge is 0.229 e. The van der Waals surface area contributed by atoms with Gasteiger partial charge in [0.1, 0.15) is 17.9 Å². The number of ether oxygens (including phenoxy) is 1. The van der Waals surface area contributed by atoms with Crippen LogP contribution in [0.2, 0.25) is 5.02 Å². The molecule has 0 unspecified atom stereocenters. The van der Waals surface area contributed by atoms with Crippen LogP contribution in [0, 0.1) is 0 Å². The van der Waals surface area contributed by atoms with E-state index in [4.69, 9.17) is 16.3 Å². The SMILES string of the molecule is COc1c(Nc2ncc(Cl)c(Nc3ccccc3P(C)(C)=O)n2)cccc1C1CCN(C)CC1. The minimum absolute atomic E-state index is 0.370. The Bertz CT molecular complexity index is 1210. The lowest BCUT2D eigenvalue weighted by molar-refractivity contribution is 0.252. The number of anilines is 4. The van der Waals surface area contributed by atoms with E-state index in [1.54, 1.807) is 26.6 Å². The number of nitrogens with zero attached hydrogens (tertiary/aromatic N) is 3. The standard InChI is InChI=1S/C25H31ClN5O2P/c1-31-14-12-17(13-15-31)18-8-7-10-21(23(18)33-2)29-25-27-16-19(26)24(30-25)28-20-9-5-6-11-22(20)34(3,4)32/h5-11,16-17H,12-15H2,1-4H3,(H2,27,28,29,30). The van der Waals surface area contributed by atoms with Gasteiger partial charge in [-0.1, -0.05) is 35.9 Å². The van der Waals surface area contributed by atoms with Crippen LogP contribution in [-0.4, -0.2) is 55.4 Å². The van der Waals surface area contributed by atoms with Gasteiger partial charge in [0, 0.05) is 5.30 Å². The van der Waals surface area contributed by atoms with Gasteiger partial charge in [-0.25, -0.2) is 4.98 Å². The molecule has 34 heavy (non-hydrogen) atoms. The van der Waals surface area contributed by atoms with Gasteiger partial charge in [-0.05, 0) is 76.0 Å². The van der Waals surface area contributed by atoms with Gasteiger partial charge in [-0.2, -0.15) is 4.98 Å². The van der Waals surface area contributed by atoms with Crippen molar-refractivity contribution in [1.29, 1.82) is 0 Å². The molecule has 7 nitrogen and oxygen atoms in total. The van der Waals surface area contributed by atoms with Gasteiger partial charge in [0.15, 0.2) is 5.82 Å². The highest BCUT2D eigenvalue weighted by molar-refractivity contribution is 7.70. The second-order valence-corrected chi connectivity index (χ2v) is 12.6. The maximum atomic E-state index is 12.7. The van der Waals surface area contributed by atoms with Crippen molar-refractivity contribution in [3.8, 4) is 5.75 Å². The average molecular weight is 500 g/mol. The Balaban J connectivity index is 1.61. The summed E-state index contributed by atoms with van der Waals surface area (Å²) in [6.45, 7) is 5.63. The molecule has 0 saturated carbocycles. The summed E-state index contributed by atoms with van der Waals surface area (Å²) in [6, 6.07) is 13.6. The van der Waals surface area contributed by atoms with Crippen LogP contribution in [0.3, 0.4) is 0 Å². The van der Waals surface area contributed by atoms with E-state index in [0.29, 0.717) is 28.4 Å². The van der Waals surface area contributed by atoms with E-state index in [9.17, 15) is 4.57 Å². The summed E-state index contributed by atoms with van der Waals surface area (Å²) in [5.74, 6) is 2.09. The first-order valence-electron chi connectivity index (χ1n) is 11.3.